The highest BCUT2D eigenvalue weighted by molar-refractivity contribution is 7.89. The van der Waals surface area contributed by atoms with Gasteiger partial charge in [0.25, 0.3) is 5.91 Å². The van der Waals surface area contributed by atoms with Gasteiger partial charge in [-0.2, -0.15) is 4.31 Å². The number of nitrogens with zero attached hydrogens (tertiary/aromatic N) is 1. The van der Waals surface area contributed by atoms with E-state index < -0.39 is 22.0 Å². The second-order valence-electron chi connectivity index (χ2n) is 8.88. The Morgan fingerprint density at radius 2 is 1.65 bits per heavy atom. The van der Waals surface area contributed by atoms with Crippen LogP contribution in [0.15, 0.2) is 47.4 Å². The predicted octanol–water partition coefficient (Wildman–Crippen LogP) is 3.57. The van der Waals surface area contributed by atoms with Crippen molar-refractivity contribution in [3.05, 3.63) is 53.6 Å². The van der Waals surface area contributed by atoms with Gasteiger partial charge in [-0.05, 0) is 56.0 Å². The van der Waals surface area contributed by atoms with E-state index in [-0.39, 0.29) is 22.5 Å². The number of hydrogen-bond acceptors (Lipinski definition) is 5. The third-order valence-corrected chi connectivity index (χ3v) is 7.83. The monoisotopic (exact) mass is 487 g/mol. The van der Waals surface area contributed by atoms with Gasteiger partial charge in [-0.1, -0.05) is 38.0 Å². The first-order valence-electron chi connectivity index (χ1n) is 11.5. The van der Waals surface area contributed by atoms with Gasteiger partial charge in [0.05, 0.1) is 7.11 Å². The number of sulfonamides is 1. The summed E-state index contributed by atoms with van der Waals surface area (Å²) < 4.78 is 33.3. The highest BCUT2D eigenvalue weighted by Gasteiger charge is 2.30. The fraction of sp³-hybridized carbons (Fsp3) is 0.440. The van der Waals surface area contributed by atoms with Crippen molar-refractivity contribution in [1.82, 2.24) is 9.62 Å². The largest absolute Gasteiger partial charge is 0.495 e. The molecular weight excluding hydrogens is 454 g/mol. The molecule has 0 bridgehead atoms. The molecule has 0 spiro atoms. The summed E-state index contributed by atoms with van der Waals surface area (Å²) in [5.41, 5.74) is 1.81. The van der Waals surface area contributed by atoms with Crippen LogP contribution < -0.4 is 15.4 Å². The number of anilines is 1. The summed E-state index contributed by atoms with van der Waals surface area (Å²) in [6.45, 7) is 6.52. The second-order valence-corrected chi connectivity index (χ2v) is 10.8. The van der Waals surface area contributed by atoms with Crippen LogP contribution in [0.5, 0.6) is 5.75 Å². The summed E-state index contributed by atoms with van der Waals surface area (Å²) in [7, 11) is -2.36. The van der Waals surface area contributed by atoms with Gasteiger partial charge >= 0.3 is 0 Å². The number of nitrogens with one attached hydrogen (secondary N) is 2. The smallest absolute Gasteiger partial charge is 0.251 e. The molecule has 1 aliphatic rings. The minimum Gasteiger partial charge on any atom is -0.495 e. The molecule has 2 N–H and O–H groups in total. The Morgan fingerprint density at radius 1 is 1.00 bits per heavy atom. The van der Waals surface area contributed by atoms with Crippen LogP contribution >= 0.6 is 0 Å². The molecule has 1 aliphatic heterocycles. The van der Waals surface area contributed by atoms with Crippen molar-refractivity contribution < 1.29 is 22.7 Å². The molecule has 1 saturated heterocycles. The Hall–Kier alpha value is -2.91. The number of ether oxygens (including phenoxy) is 1. The van der Waals surface area contributed by atoms with E-state index in [0.717, 1.165) is 24.8 Å². The highest BCUT2D eigenvalue weighted by Crippen LogP contribution is 2.31. The lowest BCUT2D eigenvalue weighted by atomic mass is 10.0. The SMILES string of the molecule is COc1ccc(NC(=O)[C@@H](NC(=O)c2ccc(C)cc2)C(C)C)cc1S(=O)(=O)N1CCCCC1. The zero-order valence-corrected chi connectivity index (χ0v) is 20.9. The lowest BCUT2D eigenvalue weighted by Gasteiger charge is -2.27. The van der Waals surface area contributed by atoms with E-state index in [1.807, 2.05) is 32.9 Å². The minimum atomic E-state index is -3.77. The van der Waals surface area contributed by atoms with Crippen LogP contribution in [0.3, 0.4) is 0 Å². The van der Waals surface area contributed by atoms with Crippen LogP contribution in [-0.4, -0.2) is 50.8 Å². The number of amides is 2. The third-order valence-electron chi connectivity index (χ3n) is 5.91. The maximum Gasteiger partial charge on any atom is 0.251 e. The molecule has 8 nitrogen and oxygen atoms in total. The van der Waals surface area contributed by atoms with Gasteiger partial charge in [-0.15, -0.1) is 0 Å². The first-order chi connectivity index (χ1) is 16.1. The molecule has 1 heterocycles. The zero-order chi connectivity index (χ0) is 24.9. The van der Waals surface area contributed by atoms with Gasteiger partial charge in [-0.3, -0.25) is 9.59 Å². The van der Waals surface area contributed by atoms with E-state index in [2.05, 4.69) is 10.6 Å². The zero-order valence-electron chi connectivity index (χ0n) is 20.1. The summed E-state index contributed by atoms with van der Waals surface area (Å²) in [6.07, 6.45) is 2.63. The van der Waals surface area contributed by atoms with Gasteiger partial charge in [-0.25, -0.2) is 8.42 Å². The molecule has 0 radical (unpaired) electrons. The molecule has 0 unspecified atom stereocenters. The topological polar surface area (TPSA) is 105 Å². The molecular formula is C25H33N3O5S. The number of carbonyl (C=O) groups excluding carboxylic acids is 2. The number of aryl methyl sites for hydroxylation is 1. The number of piperidine rings is 1. The Labute approximate surface area is 201 Å². The van der Waals surface area contributed by atoms with Gasteiger partial charge in [0.15, 0.2) is 0 Å². The summed E-state index contributed by atoms with van der Waals surface area (Å²) >= 11 is 0. The molecule has 0 aliphatic carbocycles. The van der Waals surface area contributed by atoms with Crippen molar-refractivity contribution in [2.45, 2.75) is 51.0 Å². The molecule has 1 fully saturated rings. The standard InChI is InChI=1S/C25H33N3O5S/c1-17(2)23(27-24(29)19-10-8-18(3)9-11-19)25(30)26-20-12-13-21(33-4)22(16-20)34(31,32)28-14-6-5-7-15-28/h8-13,16-17,23H,5-7,14-15H2,1-4H3,(H,26,30)(H,27,29)/t23-/m0/s1. The maximum absolute atomic E-state index is 13.2. The molecule has 0 aromatic heterocycles. The molecule has 3 rings (SSSR count). The number of methoxy groups -OCH3 is 1. The fourth-order valence-corrected chi connectivity index (χ4v) is 5.58. The van der Waals surface area contributed by atoms with Crippen molar-refractivity contribution in [2.24, 2.45) is 5.92 Å². The quantitative estimate of drug-likeness (QED) is 0.592. The first-order valence-corrected chi connectivity index (χ1v) is 12.9. The summed E-state index contributed by atoms with van der Waals surface area (Å²) in [5.74, 6) is -0.750. The third kappa shape index (κ3) is 5.95. The van der Waals surface area contributed by atoms with Crippen LogP contribution in [0, 0.1) is 12.8 Å². The van der Waals surface area contributed by atoms with Crippen LogP contribution in [0.4, 0.5) is 5.69 Å². The second kappa shape index (κ2) is 11.0. The first kappa shape index (κ1) is 25.7. The van der Waals surface area contributed by atoms with Gasteiger partial charge in [0.2, 0.25) is 15.9 Å². The van der Waals surface area contributed by atoms with E-state index in [9.17, 15) is 18.0 Å². The Bertz CT molecular complexity index is 1120. The van der Waals surface area contributed by atoms with Gasteiger partial charge in [0, 0.05) is 24.3 Å². The van der Waals surface area contributed by atoms with E-state index in [0.29, 0.717) is 24.3 Å². The maximum atomic E-state index is 13.2. The molecule has 2 amide bonds. The molecule has 1 atom stereocenters. The van der Waals surface area contributed by atoms with Gasteiger partial charge in [0.1, 0.15) is 16.7 Å². The van der Waals surface area contributed by atoms with Crippen molar-refractivity contribution >= 4 is 27.5 Å². The number of hydrogen-bond donors (Lipinski definition) is 2. The van der Waals surface area contributed by atoms with E-state index >= 15 is 0 Å². The van der Waals surface area contributed by atoms with Crippen molar-refractivity contribution in [1.29, 1.82) is 0 Å². The summed E-state index contributed by atoms with van der Waals surface area (Å²) in [4.78, 5) is 25.8. The Morgan fingerprint density at radius 3 is 2.24 bits per heavy atom. The fourth-order valence-electron chi connectivity index (χ4n) is 3.88. The average Bonchev–Trinajstić information content (AvgIpc) is 2.83. The van der Waals surface area contributed by atoms with Crippen molar-refractivity contribution in [3.8, 4) is 5.75 Å². The van der Waals surface area contributed by atoms with Gasteiger partial charge < -0.3 is 15.4 Å². The molecule has 0 saturated carbocycles. The Kier molecular flexibility index (Phi) is 8.33. The van der Waals surface area contributed by atoms with E-state index in [1.165, 1.54) is 23.5 Å². The van der Waals surface area contributed by atoms with Crippen molar-refractivity contribution in [3.63, 3.8) is 0 Å². The van der Waals surface area contributed by atoms with Crippen LogP contribution in [0.25, 0.3) is 0 Å². The van der Waals surface area contributed by atoms with Crippen molar-refractivity contribution in [2.75, 3.05) is 25.5 Å². The summed E-state index contributed by atoms with van der Waals surface area (Å²) in [5, 5.41) is 5.55. The van der Waals surface area contributed by atoms with E-state index in [1.54, 1.807) is 18.2 Å². The lowest BCUT2D eigenvalue weighted by Crippen LogP contribution is -2.47. The minimum absolute atomic E-state index is 0.0134. The summed E-state index contributed by atoms with van der Waals surface area (Å²) in [6, 6.07) is 10.8. The predicted molar refractivity (Wildman–Crippen MR) is 132 cm³/mol. The number of rotatable bonds is 8. The van der Waals surface area contributed by atoms with Crippen LogP contribution in [0.1, 0.15) is 49.0 Å². The molecule has 9 heteroatoms. The molecule has 184 valence electrons. The molecule has 34 heavy (non-hydrogen) atoms. The van der Waals surface area contributed by atoms with Crippen LogP contribution in [-0.2, 0) is 14.8 Å². The lowest BCUT2D eigenvalue weighted by molar-refractivity contribution is -0.118. The number of carbonyl (C=O) groups is 2. The number of benzene rings is 2. The normalized spacial score (nSPS) is 15.6. The molecule has 2 aromatic rings. The average molecular weight is 488 g/mol. The van der Waals surface area contributed by atoms with E-state index in [4.69, 9.17) is 4.74 Å². The van der Waals surface area contributed by atoms with Crippen LogP contribution in [0.2, 0.25) is 0 Å². The highest BCUT2D eigenvalue weighted by atomic mass is 32.2. The Balaban J connectivity index is 1.81. The molecule has 2 aromatic carbocycles.